The average Bonchev–Trinajstić information content (AvgIpc) is 2.98. The molecule has 1 saturated heterocycles. The van der Waals surface area contributed by atoms with Crippen molar-refractivity contribution in [3.63, 3.8) is 0 Å². The summed E-state index contributed by atoms with van der Waals surface area (Å²) in [4.78, 5) is 13.7. The molecule has 4 heteroatoms. The molecule has 2 unspecified atom stereocenters. The standard InChI is InChI=1S/C17H23NO3/c1-14(19)16-9-10-18(12-16)17(20)13-21-11-5-8-15-6-3-2-4-7-15/h2-8,14,16,19H,9-13H2,1H3/b8-5+. The summed E-state index contributed by atoms with van der Waals surface area (Å²) in [6, 6.07) is 9.97. The minimum absolute atomic E-state index is 0.00580. The Morgan fingerprint density at radius 2 is 2.24 bits per heavy atom. The normalized spacial score (nSPS) is 20.1. The van der Waals surface area contributed by atoms with Gasteiger partial charge in [-0.05, 0) is 18.9 Å². The minimum Gasteiger partial charge on any atom is -0.393 e. The molecule has 1 aromatic rings. The molecule has 0 saturated carbocycles. The maximum Gasteiger partial charge on any atom is 0.248 e. The molecule has 2 atom stereocenters. The molecule has 0 aromatic heterocycles. The van der Waals surface area contributed by atoms with Crippen LogP contribution in [0.15, 0.2) is 36.4 Å². The number of carbonyl (C=O) groups is 1. The van der Waals surface area contributed by atoms with E-state index in [1.807, 2.05) is 42.5 Å². The zero-order valence-corrected chi connectivity index (χ0v) is 12.4. The van der Waals surface area contributed by atoms with Crippen molar-refractivity contribution in [3.8, 4) is 0 Å². The molecule has 0 radical (unpaired) electrons. The van der Waals surface area contributed by atoms with Crippen LogP contribution in [-0.2, 0) is 9.53 Å². The zero-order valence-electron chi connectivity index (χ0n) is 12.4. The summed E-state index contributed by atoms with van der Waals surface area (Å²) in [5.74, 6) is 0.207. The van der Waals surface area contributed by atoms with Crippen molar-refractivity contribution in [3.05, 3.63) is 42.0 Å². The van der Waals surface area contributed by atoms with Gasteiger partial charge in [0.1, 0.15) is 6.61 Å². The number of carbonyl (C=O) groups excluding carboxylic acids is 1. The van der Waals surface area contributed by atoms with Crippen LogP contribution in [0.4, 0.5) is 0 Å². The van der Waals surface area contributed by atoms with Crippen LogP contribution in [0.5, 0.6) is 0 Å². The zero-order chi connectivity index (χ0) is 15.1. The van der Waals surface area contributed by atoms with E-state index >= 15 is 0 Å². The van der Waals surface area contributed by atoms with Crippen LogP contribution < -0.4 is 0 Å². The van der Waals surface area contributed by atoms with Gasteiger partial charge in [-0.25, -0.2) is 0 Å². The smallest absolute Gasteiger partial charge is 0.248 e. The van der Waals surface area contributed by atoms with Crippen molar-refractivity contribution in [1.82, 2.24) is 4.90 Å². The highest BCUT2D eigenvalue weighted by Gasteiger charge is 2.28. The van der Waals surface area contributed by atoms with E-state index < -0.39 is 0 Å². The van der Waals surface area contributed by atoms with Gasteiger partial charge in [-0.15, -0.1) is 0 Å². The van der Waals surface area contributed by atoms with Crippen molar-refractivity contribution in [1.29, 1.82) is 0 Å². The summed E-state index contributed by atoms with van der Waals surface area (Å²) in [7, 11) is 0. The Kier molecular flexibility index (Phi) is 5.96. The van der Waals surface area contributed by atoms with Crippen LogP contribution >= 0.6 is 0 Å². The molecule has 4 nitrogen and oxygen atoms in total. The lowest BCUT2D eigenvalue weighted by molar-refractivity contribution is -0.134. The van der Waals surface area contributed by atoms with Crippen LogP contribution in [-0.4, -0.2) is 48.3 Å². The Balaban J connectivity index is 1.65. The number of nitrogens with zero attached hydrogens (tertiary/aromatic N) is 1. The van der Waals surface area contributed by atoms with Gasteiger partial charge in [-0.2, -0.15) is 0 Å². The number of hydrogen-bond donors (Lipinski definition) is 1. The molecular formula is C17H23NO3. The van der Waals surface area contributed by atoms with Gasteiger partial charge in [-0.1, -0.05) is 42.5 Å². The monoisotopic (exact) mass is 289 g/mol. The number of rotatable bonds is 6. The SMILES string of the molecule is CC(O)C1CCN(C(=O)COC/C=C/c2ccccc2)C1. The second kappa shape index (κ2) is 7.96. The fourth-order valence-electron chi connectivity index (χ4n) is 2.46. The molecule has 2 rings (SSSR count). The predicted molar refractivity (Wildman–Crippen MR) is 82.7 cm³/mol. The predicted octanol–water partition coefficient (Wildman–Crippen LogP) is 1.95. The molecule has 1 aromatic carbocycles. The molecule has 21 heavy (non-hydrogen) atoms. The molecule has 1 heterocycles. The molecule has 1 fully saturated rings. The minimum atomic E-state index is -0.350. The molecule has 0 spiro atoms. The number of benzene rings is 1. The highest BCUT2D eigenvalue weighted by Crippen LogP contribution is 2.19. The van der Waals surface area contributed by atoms with Crippen molar-refractivity contribution in [2.24, 2.45) is 5.92 Å². The Labute approximate surface area is 126 Å². The van der Waals surface area contributed by atoms with Crippen LogP contribution in [0.1, 0.15) is 18.9 Å². The fourth-order valence-corrected chi connectivity index (χ4v) is 2.46. The van der Waals surface area contributed by atoms with Crippen LogP contribution in [0.25, 0.3) is 6.08 Å². The molecular weight excluding hydrogens is 266 g/mol. The lowest BCUT2D eigenvalue weighted by atomic mass is 10.0. The summed E-state index contributed by atoms with van der Waals surface area (Å²) in [5.41, 5.74) is 1.12. The van der Waals surface area contributed by atoms with Crippen molar-refractivity contribution >= 4 is 12.0 Å². The topological polar surface area (TPSA) is 49.8 Å². The lowest BCUT2D eigenvalue weighted by Crippen LogP contribution is -2.33. The van der Waals surface area contributed by atoms with Crippen molar-refractivity contribution < 1.29 is 14.6 Å². The third-order valence-electron chi connectivity index (χ3n) is 3.81. The summed E-state index contributed by atoms with van der Waals surface area (Å²) < 4.78 is 5.38. The van der Waals surface area contributed by atoms with E-state index in [1.54, 1.807) is 11.8 Å². The fraction of sp³-hybridized carbons (Fsp3) is 0.471. The number of aliphatic hydroxyl groups excluding tert-OH is 1. The molecule has 0 bridgehead atoms. The number of amides is 1. The van der Waals surface area contributed by atoms with E-state index in [1.165, 1.54) is 0 Å². The van der Waals surface area contributed by atoms with Gasteiger partial charge in [0.2, 0.25) is 5.91 Å². The number of aliphatic hydroxyl groups is 1. The van der Waals surface area contributed by atoms with Gasteiger partial charge in [0, 0.05) is 19.0 Å². The number of hydrogen-bond acceptors (Lipinski definition) is 3. The first-order valence-corrected chi connectivity index (χ1v) is 7.42. The maximum atomic E-state index is 11.9. The van der Waals surface area contributed by atoms with Gasteiger partial charge in [0.05, 0.1) is 12.7 Å². The Bertz CT molecular complexity index is 470. The second-order valence-corrected chi connectivity index (χ2v) is 5.46. The molecule has 1 N–H and O–H groups in total. The first-order chi connectivity index (χ1) is 10.2. The van der Waals surface area contributed by atoms with E-state index in [2.05, 4.69) is 0 Å². The van der Waals surface area contributed by atoms with Crippen LogP contribution in [0, 0.1) is 5.92 Å². The quantitative estimate of drug-likeness (QED) is 0.814. The number of likely N-dealkylation sites (tertiary alicyclic amines) is 1. The van der Waals surface area contributed by atoms with Crippen LogP contribution in [0.2, 0.25) is 0 Å². The molecule has 1 aliphatic heterocycles. The third kappa shape index (κ3) is 4.99. The van der Waals surface area contributed by atoms with Crippen LogP contribution in [0.3, 0.4) is 0 Å². The van der Waals surface area contributed by atoms with E-state index in [0.29, 0.717) is 13.2 Å². The van der Waals surface area contributed by atoms with E-state index in [9.17, 15) is 9.90 Å². The highest BCUT2D eigenvalue weighted by atomic mass is 16.5. The van der Waals surface area contributed by atoms with Gasteiger partial charge in [0.25, 0.3) is 0 Å². The molecule has 0 aliphatic carbocycles. The van der Waals surface area contributed by atoms with E-state index in [0.717, 1.165) is 18.5 Å². The van der Waals surface area contributed by atoms with Crippen molar-refractivity contribution in [2.75, 3.05) is 26.3 Å². The van der Waals surface area contributed by atoms with Gasteiger partial charge < -0.3 is 14.7 Å². The van der Waals surface area contributed by atoms with Gasteiger partial charge >= 0.3 is 0 Å². The van der Waals surface area contributed by atoms with Crippen molar-refractivity contribution in [2.45, 2.75) is 19.4 Å². The summed E-state index contributed by atoms with van der Waals surface area (Å²) in [6.45, 7) is 3.67. The van der Waals surface area contributed by atoms with Gasteiger partial charge in [-0.3, -0.25) is 4.79 Å². The first-order valence-electron chi connectivity index (χ1n) is 7.42. The molecule has 1 amide bonds. The van der Waals surface area contributed by atoms with E-state index in [-0.39, 0.29) is 24.5 Å². The van der Waals surface area contributed by atoms with E-state index in [4.69, 9.17) is 4.74 Å². The summed E-state index contributed by atoms with van der Waals surface area (Å²) in [6.07, 6.45) is 4.41. The maximum absolute atomic E-state index is 11.9. The Hall–Kier alpha value is -1.65. The average molecular weight is 289 g/mol. The second-order valence-electron chi connectivity index (χ2n) is 5.46. The first kappa shape index (κ1) is 15.7. The number of ether oxygens (including phenoxy) is 1. The Morgan fingerprint density at radius 3 is 2.90 bits per heavy atom. The molecule has 1 aliphatic rings. The largest absolute Gasteiger partial charge is 0.393 e. The Morgan fingerprint density at radius 1 is 1.48 bits per heavy atom. The highest BCUT2D eigenvalue weighted by molar-refractivity contribution is 5.77. The summed E-state index contributed by atoms with van der Waals surface area (Å²) >= 11 is 0. The molecule has 114 valence electrons. The third-order valence-corrected chi connectivity index (χ3v) is 3.81. The summed E-state index contributed by atoms with van der Waals surface area (Å²) in [5, 5.41) is 9.53. The van der Waals surface area contributed by atoms with Gasteiger partial charge in [0.15, 0.2) is 0 Å². The lowest BCUT2D eigenvalue weighted by Gasteiger charge is -2.17.